The number of benzene rings is 2. The molecule has 1 amide bonds. The van der Waals surface area contributed by atoms with E-state index in [1.165, 1.54) is 12.1 Å². The van der Waals surface area contributed by atoms with Crippen molar-refractivity contribution in [2.45, 2.75) is 18.4 Å². The standard InChI is InChI=1S/C21H21N3O3S/c1-2-24(19-8-4-3-5-9-19)21(25)18-7-6-10-20(15-18)28(26,27)23-16-17-11-13-22-14-12-17/h3-15,23H,2,16H2,1H3. The zero-order valence-electron chi connectivity index (χ0n) is 15.4. The minimum Gasteiger partial charge on any atom is -0.309 e. The van der Waals surface area contributed by atoms with Crippen molar-refractivity contribution in [1.82, 2.24) is 9.71 Å². The Hall–Kier alpha value is -3.03. The highest BCUT2D eigenvalue weighted by atomic mass is 32.2. The van der Waals surface area contributed by atoms with E-state index >= 15 is 0 Å². The van der Waals surface area contributed by atoms with Gasteiger partial charge in [-0.2, -0.15) is 0 Å². The van der Waals surface area contributed by atoms with Crippen LogP contribution in [0.3, 0.4) is 0 Å². The molecule has 7 heteroatoms. The number of para-hydroxylation sites is 1. The maximum atomic E-state index is 12.9. The topological polar surface area (TPSA) is 79.4 Å². The molecule has 0 aliphatic heterocycles. The van der Waals surface area contributed by atoms with Crippen molar-refractivity contribution in [2.24, 2.45) is 0 Å². The molecular formula is C21H21N3O3S. The van der Waals surface area contributed by atoms with Crippen molar-refractivity contribution in [2.75, 3.05) is 11.4 Å². The van der Waals surface area contributed by atoms with E-state index in [1.54, 1.807) is 41.6 Å². The number of hydrogen-bond donors (Lipinski definition) is 1. The lowest BCUT2D eigenvalue weighted by Crippen LogP contribution is -2.31. The van der Waals surface area contributed by atoms with E-state index in [9.17, 15) is 13.2 Å². The van der Waals surface area contributed by atoms with Gasteiger partial charge in [-0.1, -0.05) is 24.3 Å². The summed E-state index contributed by atoms with van der Waals surface area (Å²) in [5, 5.41) is 0. The summed E-state index contributed by atoms with van der Waals surface area (Å²) in [5.41, 5.74) is 1.88. The van der Waals surface area contributed by atoms with Crippen LogP contribution in [0.25, 0.3) is 0 Å². The number of aromatic nitrogens is 1. The van der Waals surface area contributed by atoms with Crippen LogP contribution in [0.1, 0.15) is 22.8 Å². The number of hydrogen-bond acceptors (Lipinski definition) is 4. The largest absolute Gasteiger partial charge is 0.309 e. The molecule has 0 aliphatic rings. The maximum absolute atomic E-state index is 12.9. The summed E-state index contributed by atoms with van der Waals surface area (Å²) in [4.78, 5) is 18.5. The first-order valence-electron chi connectivity index (χ1n) is 8.87. The van der Waals surface area contributed by atoms with Gasteiger partial charge in [0.1, 0.15) is 0 Å². The van der Waals surface area contributed by atoms with Crippen LogP contribution in [0.2, 0.25) is 0 Å². The fourth-order valence-corrected chi connectivity index (χ4v) is 3.83. The van der Waals surface area contributed by atoms with Crippen LogP contribution < -0.4 is 9.62 Å². The number of pyridine rings is 1. The molecule has 0 unspecified atom stereocenters. The molecule has 0 saturated carbocycles. The Labute approximate surface area is 164 Å². The summed E-state index contributed by atoms with van der Waals surface area (Å²) >= 11 is 0. The molecule has 0 bridgehead atoms. The Morgan fingerprint density at radius 2 is 1.71 bits per heavy atom. The molecule has 144 valence electrons. The number of carbonyl (C=O) groups is 1. The molecule has 3 aromatic rings. The first kappa shape index (κ1) is 19.7. The Morgan fingerprint density at radius 1 is 1.00 bits per heavy atom. The lowest BCUT2D eigenvalue weighted by atomic mass is 10.2. The fourth-order valence-electron chi connectivity index (χ4n) is 2.77. The quantitative estimate of drug-likeness (QED) is 0.666. The van der Waals surface area contributed by atoms with Crippen molar-refractivity contribution >= 4 is 21.6 Å². The third-order valence-corrected chi connectivity index (χ3v) is 5.64. The third kappa shape index (κ3) is 4.62. The molecule has 2 aromatic carbocycles. The van der Waals surface area contributed by atoms with Crippen molar-refractivity contribution in [3.63, 3.8) is 0 Å². The highest BCUT2D eigenvalue weighted by Crippen LogP contribution is 2.19. The van der Waals surface area contributed by atoms with Gasteiger partial charge in [-0.05, 0) is 55.0 Å². The molecule has 1 aromatic heterocycles. The molecule has 0 aliphatic carbocycles. The Bertz CT molecular complexity index is 1040. The fraction of sp³-hybridized carbons (Fsp3) is 0.143. The lowest BCUT2D eigenvalue weighted by Gasteiger charge is -2.21. The van der Waals surface area contributed by atoms with Gasteiger partial charge in [0.05, 0.1) is 4.90 Å². The van der Waals surface area contributed by atoms with E-state index in [4.69, 9.17) is 0 Å². The van der Waals surface area contributed by atoms with Gasteiger partial charge in [-0.3, -0.25) is 9.78 Å². The molecule has 0 spiro atoms. The molecule has 0 saturated heterocycles. The molecule has 28 heavy (non-hydrogen) atoms. The van der Waals surface area contributed by atoms with Crippen LogP contribution in [0.5, 0.6) is 0 Å². The number of amides is 1. The number of anilines is 1. The Kier molecular flexibility index (Phi) is 6.18. The minimum absolute atomic E-state index is 0.0523. The van der Waals surface area contributed by atoms with E-state index < -0.39 is 10.0 Å². The van der Waals surface area contributed by atoms with Crippen molar-refractivity contribution in [3.05, 3.63) is 90.3 Å². The van der Waals surface area contributed by atoms with Crippen LogP contribution >= 0.6 is 0 Å². The summed E-state index contributed by atoms with van der Waals surface area (Å²) in [6, 6.07) is 18.8. The van der Waals surface area contributed by atoms with Crippen molar-refractivity contribution in [3.8, 4) is 0 Å². The van der Waals surface area contributed by atoms with Crippen LogP contribution in [-0.2, 0) is 16.6 Å². The lowest BCUT2D eigenvalue weighted by molar-refractivity contribution is 0.0988. The van der Waals surface area contributed by atoms with Crippen molar-refractivity contribution < 1.29 is 13.2 Å². The average molecular weight is 395 g/mol. The first-order valence-corrected chi connectivity index (χ1v) is 10.3. The highest BCUT2D eigenvalue weighted by Gasteiger charge is 2.20. The number of carbonyl (C=O) groups excluding carboxylic acids is 1. The molecule has 1 N–H and O–H groups in total. The number of rotatable bonds is 7. The molecule has 0 fully saturated rings. The second-order valence-electron chi connectivity index (χ2n) is 6.09. The van der Waals surface area contributed by atoms with E-state index in [0.29, 0.717) is 12.1 Å². The van der Waals surface area contributed by atoms with Crippen molar-refractivity contribution in [1.29, 1.82) is 0 Å². The Morgan fingerprint density at radius 3 is 2.39 bits per heavy atom. The third-order valence-electron chi connectivity index (χ3n) is 4.24. The predicted octanol–water partition coefficient (Wildman–Crippen LogP) is 3.23. The van der Waals surface area contributed by atoms with E-state index in [1.807, 2.05) is 37.3 Å². The average Bonchev–Trinajstić information content (AvgIpc) is 2.74. The van der Waals surface area contributed by atoms with E-state index in [0.717, 1.165) is 11.3 Å². The van der Waals surface area contributed by atoms with Gasteiger partial charge in [0.2, 0.25) is 10.0 Å². The highest BCUT2D eigenvalue weighted by molar-refractivity contribution is 7.89. The van der Waals surface area contributed by atoms with Gasteiger partial charge in [0.15, 0.2) is 0 Å². The summed E-state index contributed by atoms with van der Waals surface area (Å²) in [6.07, 6.45) is 3.21. The zero-order chi connectivity index (χ0) is 20.0. The normalized spacial score (nSPS) is 11.2. The van der Waals surface area contributed by atoms with Gasteiger partial charge >= 0.3 is 0 Å². The smallest absolute Gasteiger partial charge is 0.258 e. The second kappa shape index (κ2) is 8.77. The minimum atomic E-state index is -3.75. The number of nitrogens with zero attached hydrogens (tertiary/aromatic N) is 2. The summed E-state index contributed by atoms with van der Waals surface area (Å²) in [7, 11) is -3.75. The number of sulfonamides is 1. The van der Waals surface area contributed by atoms with Gasteiger partial charge in [-0.15, -0.1) is 0 Å². The summed E-state index contributed by atoms with van der Waals surface area (Å²) in [6.45, 7) is 2.50. The SMILES string of the molecule is CCN(C(=O)c1cccc(S(=O)(=O)NCc2ccncc2)c1)c1ccccc1. The van der Waals surface area contributed by atoms with Crippen LogP contribution in [0.4, 0.5) is 5.69 Å². The van der Waals surface area contributed by atoms with E-state index in [-0.39, 0.29) is 17.3 Å². The van der Waals surface area contributed by atoms with Gasteiger partial charge in [0, 0.05) is 36.7 Å². The molecule has 0 atom stereocenters. The maximum Gasteiger partial charge on any atom is 0.258 e. The summed E-state index contributed by atoms with van der Waals surface area (Å²) < 4.78 is 27.8. The number of nitrogens with one attached hydrogen (secondary N) is 1. The molecule has 1 heterocycles. The Balaban J connectivity index is 1.82. The monoisotopic (exact) mass is 395 g/mol. The van der Waals surface area contributed by atoms with Gasteiger partial charge < -0.3 is 4.90 Å². The molecule has 3 rings (SSSR count). The molecular weight excluding hydrogens is 374 g/mol. The summed E-state index contributed by atoms with van der Waals surface area (Å²) in [5.74, 6) is -0.250. The van der Waals surface area contributed by atoms with Crippen LogP contribution in [-0.4, -0.2) is 25.9 Å². The van der Waals surface area contributed by atoms with E-state index in [2.05, 4.69) is 9.71 Å². The second-order valence-corrected chi connectivity index (χ2v) is 7.86. The van der Waals surface area contributed by atoms with Crippen LogP contribution in [0, 0.1) is 0 Å². The zero-order valence-corrected chi connectivity index (χ0v) is 16.3. The van der Waals surface area contributed by atoms with Gasteiger partial charge in [0.25, 0.3) is 5.91 Å². The molecule has 6 nitrogen and oxygen atoms in total. The van der Waals surface area contributed by atoms with Crippen LogP contribution in [0.15, 0.2) is 84.0 Å². The predicted molar refractivity (Wildman–Crippen MR) is 108 cm³/mol. The first-order chi connectivity index (χ1) is 13.5. The van der Waals surface area contributed by atoms with Gasteiger partial charge in [-0.25, -0.2) is 13.1 Å². The molecule has 0 radical (unpaired) electrons.